The number of nitrogens with one attached hydrogen (secondary N) is 1. The molecule has 0 aromatic heterocycles. The molecule has 0 radical (unpaired) electrons. The van der Waals surface area contributed by atoms with Gasteiger partial charge in [-0.15, -0.1) is 0 Å². The van der Waals surface area contributed by atoms with E-state index in [0.717, 1.165) is 36.6 Å². The van der Waals surface area contributed by atoms with Gasteiger partial charge < -0.3 is 15.0 Å². The number of amides is 1. The molecule has 8 heteroatoms. The molecule has 0 bridgehead atoms. The molecule has 0 aliphatic carbocycles. The normalized spacial score (nSPS) is 16.7. The Morgan fingerprint density at radius 2 is 1.79 bits per heavy atom. The largest absolute Gasteiger partial charge is 0.494 e. The minimum atomic E-state index is -3.62. The summed E-state index contributed by atoms with van der Waals surface area (Å²) >= 11 is 0. The highest BCUT2D eigenvalue weighted by atomic mass is 32.2. The smallest absolute Gasteiger partial charge is 0.243 e. The Balaban J connectivity index is 1.92. The number of sulfonamides is 1. The molecule has 2 rings (SSSR count). The molecule has 1 unspecified atom stereocenters. The third-order valence-electron chi connectivity index (χ3n) is 5.14. The molecular formula is C21H35N3O4S. The first kappa shape index (κ1) is 23.5. The lowest BCUT2D eigenvalue weighted by Gasteiger charge is -2.28. The van der Waals surface area contributed by atoms with Gasteiger partial charge >= 0.3 is 0 Å². The van der Waals surface area contributed by atoms with E-state index in [1.807, 2.05) is 6.92 Å². The molecular weight excluding hydrogens is 390 g/mol. The molecule has 1 aliphatic rings. The zero-order chi connectivity index (χ0) is 21.3. The molecule has 1 fully saturated rings. The maximum Gasteiger partial charge on any atom is 0.243 e. The van der Waals surface area contributed by atoms with Crippen molar-refractivity contribution in [1.29, 1.82) is 0 Å². The van der Waals surface area contributed by atoms with E-state index in [9.17, 15) is 13.2 Å². The fourth-order valence-electron chi connectivity index (χ4n) is 3.69. The number of benzene rings is 1. The molecule has 1 aromatic carbocycles. The van der Waals surface area contributed by atoms with E-state index in [1.54, 1.807) is 31.2 Å². The average molecular weight is 426 g/mol. The van der Waals surface area contributed by atoms with Crippen molar-refractivity contribution in [2.45, 2.75) is 52.0 Å². The van der Waals surface area contributed by atoms with Crippen LogP contribution < -0.4 is 14.4 Å². The summed E-state index contributed by atoms with van der Waals surface area (Å²) in [6.07, 6.45) is 7.08. The van der Waals surface area contributed by atoms with Gasteiger partial charge in [0.2, 0.25) is 15.9 Å². The molecule has 1 N–H and O–H groups in total. The molecule has 164 valence electrons. The van der Waals surface area contributed by atoms with Gasteiger partial charge in [-0.2, -0.15) is 0 Å². The predicted octanol–water partition coefficient (Wildman–Crippen LogP) is 2.62. The Kier molecular flexibility index (Phi) is 9.23. The monoisotopic (exact) mass is 425 g/mol. The number of ether oxygens (including phenoxy) is 1. The van der Waals surface area contributed by atoms with Crippen LogP contribution in [0.1, 0.15) is 46.0 Å². The minimum Gasteiger partial charge on any atom is -0.494 e. The van der Waals surface area contributed by atoms with Crippen LogP contribution in [0.2, 0.25) is 0 Å². The Morgan fingerprint density at radius 1 is 1.17 bits per heavy atom. The number of nitrogens with zero attached hydrogens (tertiary/aromatic N) is 2. The van der Waals surface area contributed by atoms with E-state index in [0.29, 0.717) is 24.6 Å². The Morgan fingerprint density at radius 3 is 2.34 bits per heavy atom. The third kappa shape index (κ3) is 7.51. The lowest BCUT2D eigenvalue weighted by atomic mass is 10.2. The molecule has 0 saturated carbocycles. The summed E-state index contributed by atoms with van der Waals surface area (Å²) in [6, 6.07) is 5.91. The molecule has 1 saturated heterocycles. The van der Waals surface area contributed by atoms with Crippen molar-refractivity contribution in [1.82, 2.24) is 10.2 Å². The van der Waals surface area contributed by atoms with Crippen molar-refractivity contribution >= 4 is 21.6 Å². The highest BCUT2D eigenvalue weighted by Gasteiger charge is 2.29. The van der Waals surface area contributed by atoms with E-state index in [-0.39, 0.29) is 5.91 Å². The molecule has 1 atom stereocenters. The van der Waals surface area contributed by atoms with E-state index < -0.39 is 16.1 Å². The van der Waals surface area contributed by atoms with Crippen LogP contribution in [0.4, 0.5) is 5.69 Å². The van der Waals surface area contributed by atoms with Gasteiger partial charge in [0, 0.05) is 6.54 Å². The van der Waals surface area contributed by atoms with Crippen molar-refractivity contribution in [3.8, 4) is 5.75 Å². The lowest BCUT2D eigenvalue weighted by molar-refractivity contribution is -0.121. The second-order valence-corrected chi connectivity index (χ2v) is 9.42. The van der Waals surface area contributed by atoms with Crippen LogP contribution in [0.3, 0.4) is 0 Å². The van der Waals surface area contributed by atoms with Crippen molar-refractivity contribution < 1.29 is 17.9 Å². The molecule has 7 nitrogen and oxygen atoms in total. The summed E-state index contributed by atoms with van der Waals surface area (Å²) in [7, 11) is -3.62. The second kappa shape index (κ2) is 11.4. The number of hydrogen-bond acceptors (Lipinski definition) is 5. The van der Waals surface area contributed by atoms with Gasteiger partial charge in [0.15, 0.2) is 0 Å². The summed E-state index contributed by atoms with van der Waals surface area (Å²) in [5.41, 5.74) is 0.447. The number of anilines is 1. The molecule has 1 aliphatic heterocycles. The molecule has 1 heterocycles. The Hall–Kier alpha value is -1.80. The van der Waals surface area contributed by atoms with Crippen molar-refractivity contribution in [2.24, 2.45) is 0 Å². The first-order valence-electron chi connectivity index (χ1n) is 10.5. The Labute approximate surface area is 175 Å². The van der Waals surface area contributed by atoms with Crippen molar-refractivity contribution in [3.05, 3.63) is 24.3 Å². The van der Waals surface area contributed by atoms with E-state index >= 15 is 0 Å². The number of hydrogen-bond donors (Lipinski definition) is 1. The van der Waals surface area contributed by atoms with E-state index in [4.69, 9.17) is 4.74 Å². The predicted molar refractivity (Wildman–Crippen MR) is 117 cm³/mol. The van der Waals surface area contributed by atoms with Crippen LogP contribution in [0, 0.1) is 0 Å². The molecule has 0 spiro atoms. The van der Waals surface area contributed by atoms with E-state index in [2.05, 4.69) is 10.2 Å². The first-order chi connectivity index (χ1) is 13.8. The topological polar surface area (TPSA) is 79.0 Å². The summed E-state index contributed by atoms with van der Waals surface area (Å²) in [4.78, 5) is 15.1. The average Bonchev–Trinajstić information content (AvgIpc) is 2.94. The van der Waals surface area contributed by atoms with Gasteiger partial charge in [-0.05, 0) is 77.0 Å². The van der Waals surface area contributed by atoms with Crippen molar-refractivity contribution in [2.75, 3.05) is 43.3 Å². The van der Waals surface area contributed by atoms with Gasteiger partial charge in [-0.3, -0.25) is 9.10 Å². The van der Waals surface area contributed by atoms with Crippen LogP contribution in [0.25, 0.3) is 0 Å². The minimum absolute atomic E-state index is 0.292. The lowest BCUT2D eigenvalue weighted by Crippen LogP contribution is -2.48. The number of likely N-dealkylation sites (tertiary alicyclic amines) is 1. The summed E-state index contributed by atoms with van der Waals surface area (Å²) in [5, 5.41) is 2.90. The van der Waals surface area contributed by atoms with Gasteiger partial charge in [-0.25, -0.2) is 8.42 Å². The van der Waals surface area contributed by atoms with Crippen LogP contribution in [0.5, 0.6) is 5.75 Å². The summed E-state index contributed by atoms with van der Waals surface area (Å²) < 4.78 is 31.3. The number of carbonyl (C=O) groups excluding carboxylic acids is 1. The summed E-state index contributed by atoms with van der Waals surface area (Å²) in [6.45, 7) is 7.79. The molecule has 1 amide bonds. The maximum absolute atomic E-state index is 12.6. The highest BCUT2D eigenvalue weighted by Crippen LogP contribution is 2.24. The summed E-state index contributed by atoms with van der Waals surface area (Å²) in [5.74, 6) is 0.371. The van der Waals surface area contributed by atoms with Gasteiger partial charge in [0.1, 0.15) is 11.8 Å². The Bertz CT molecular complexity index is 729. The van der Waals surface area contributed by atoms with Gasteiger partial charge in [-0.1, -0.05) is 12.8 Å². The quantitative estimate of drug-likeness (QED) is 0.583. The number of rotatable bonds is 10. The van der Waals surface area contributed by atoms with Gasteiger partial charge in [0.05, 0.1) is 18.6 Å². The van der Waals surface area contributed by atoms with Crippen molar-refractivity contribution in [3.63, 3.8) is 0 Å². The van der Waals surface area contributed by atoms with Gasteiger partial charge in [0.25, 0.3) is 0 Å². The fourth-order valence-corrected chi connectivity index (χ4v) is 4.86. The van der Waals surface area contributed by atoms with E-state index in [1.165, 1.54) is 25.7 Å². The third-order valence-corrected chi connectivity index (χ3v) is 6.38. The maximum atomic E-state index is 12.6. The fraction of sp³-hybridized carbons (Fsp3) is 0.667. The van der Waals surface area contributed by atoms with Crippen LogP contribution in [-0.2, 0) is 14.8 Å². The van der Waals surface area contributed by atoms with Crippen LogP contribution >= 0.6 is 0 Å². The zero-order valence-electron chi connectivity index (χ0n) is 17.9. The van der Waals surface area contributed by atoms with Crippen LogP contribution in [-0.4, -0.2) is 64.3 Å². The second-order valence-electron chi connectivity index (χ2n) is 7.56. The highest BCUT2D eigenvalue weighted by molar-refractivity contribution is 7.92. The number of carbonyl (C=O) groups is 1. The first-order valence-corrected chi connectivity index (χ1v) is 12.4. The SMILES string of the molecule is CCOc1ccc(N(C(C)C(=O)NCCCN2CCCCCC2)S(C)(=O)=O)cc1. The molecule has 29 heavy (non-hydrogen) atoms. The van der Waals surface area contributed by atoms with Crippen LogP contribution in [0.15, 0.2) is 24.3 Å². The standard InChI is InChI=1S/C21H35N3O4S/c1-4-28-20-12-10-19(11-13-20)24(29(3,26)27)18(2)21(25)22-14-9-17-23-15-7-5-6-8-16-23/h10-13,18H,4-9,14-17H2,1-3H3,(H,22,25). The zero-order valence-corrected chi connectivity index (χ0v) is 18.7. The molecule has 1 aromatic rings.